The molecule has 2 aromatic carbocycles. The van der Waals surface area contributed by atoms with Gasteiger partial charge >= 0.3 is 5.97 Å². The lowest BCUT2D eigenvalue weighted by atomic mass is 9.76. The van der Waals surface area contributed by atoms with E-state index in [0.29, 0.717) is 32.3 Å². The number of nitrogens with two attached hydrogens (primary N) is 1. The Bertz CT molecular complexity index is 1320. The van der Waals surface area contributed by atoms with Gasteiger partial charge in [-0.05, 0) is 23.8 Å². The minimum absolute atomic E-state index is 0.263. The fourth-order valence-electron chi connectivity index (χ4n) is 4.14. The molecule has 2 heterocycles. The van der Waals surface area contributed by atoms with Crippen molar-refractivity contribution in [3.8, 4) is 0 Å². The minimum atomic E-state index is -0.495. The highest BCUT2D eigenvalue weighted by molar-refractivity contribution is 7.19. The number of rotatable bonds is 4. The van der Waals surface area contributed by atoms with Crippen LogP contribution in [-0.4, -0.2) is 18.9 Å². The number of methoxy groups -OCH3 is 1. The Morgan fingerprint density at radius 1 is 1.06 bits per heavy atom. The Labute approximate surface area is 212 Å². The highest BCUT2D eigenvalue weighted by Crippen LogP contribution is 2.53. The lowest BCUT2D eigenvalue weighted by Crippen LogP contribution is -2.30. The first kappa shape index (κ1) is 24.3. The lowest BCUT2D eigenvalue weighted by Gasteiger charge is -2.35. The standard InChI is InChI=1S/C26H24Cl2N2O3S/c1-26(2,3)23-19(25(32)33-4)17(13-8-6-5-7-9-13)18-20(29)22(34-24(18)30-23)21(31)14-10-11-15(27)16(28)12-14/h5-12,17,30H,29H2,1-4H3. The van der Waals surface area contributed by atoms with Crippen LogP contribution in [0.25, 0.3) is 0 Å². The van der Waals surface area contributed by atoms with Gasteiger partial charge in [-0.1, -0.05) is 74.3 Å². The summed E-state index contributed by atoms with van der Waals surface area (Å²) in [6, 6.07) is 14.4. The number of hydrogen-bond donors (Lipinski definition) is 2. The Morgan fingerprint density at radius 2 is 1.74 bits per heavy atom. The van der Waals surface area contributed by atoms with Crippen molar-refractivity contribution in [3.05, 3.63) is 91.4 Å². The van der Waals surface area contributed by atoms with Gasteiger partial charge in [0.25, 0.3) is 0 Å². The summed E-state index contributed by atoms with van der Waals surface area (Å²) in [4.78, 5) is 26.9. The van der Waals surface area contributed by atoms with Crippen molar-refractivity contribution < 1.29 is 14.3 Å². The van der Waals surface area contributed by atoms with Crippen molar-refractivity contribution in [2.45, 2.75) is 26.7 Å². The third kappa shape index (κ3) is 4.22. The quantitative estimate of drug-likeness (QED) is 0.292. The van der Waals surface area contributed by atoms with Gasteiger partial charge in [0.2, 0.25) is 5.78 Å². The van der Waals surface area contributed by atoms with Gasteiger partial charge in [0.1, 0.15) is 4.88 Å². The van der Waals surface area contributed by atoms with Crippen LogP contribution < -0.4 is 11.1 Å². The van der Waals surface area contributed by atoms with Crippen molar-refractivity contribution >= 4 is 57.0 Å². The van der Waals surface area contributed by atoms with E-state index in [2.05, 4.69) is 5.32 Å². The van der Waals surface area contributed by atoms with Crippen LogP contribution in [0.1, 0.15) is 53.1 Å². The van der Waals surface area contributed by atoms with E-state index in [9.17, 15) is 9.59 Å². The molecule has 1 unspecified atom stereocenters. The molecule has 0 fully saturated rings. The molecule has 34 heavy (non-hydrogen) atoms. The first-order chi connectivity index (χ1) is 16.0. The number of allylic oxidation sites excluding steroid dienone is 1. The van der Waals surface area contributed by atoms with Gasteiger partial charge in [-0.15, -0.1) is 11.3 Å². The van der Waals surface area contributed by atoms with E-state index >= 15 is 0 Å². The smallest absolute Gasteiger partial charge is 0.336 e. The SMILES string of the molecule is COC(=O)C1=C(C(C)(C)C)Nc2sc(C(=O)c3ccc(Cl)c(Cl)c3)c(N)c2C1c1ccccc1. The number of hydrogen-bond acceptors (Lipinski definition) is 6. The van der Waals surface area contributed by atoms with Gasteiger partial charge in [-0.3, -0.25) is 4.79 Å². The van der Waals surface area contributed by atoms with Crippen molar-refractivity contribution in [1.82, 2.24) is 0 Å². The number of nitrogen functional groups attached to an aromatic ring is 1. The van der Waals surface area contributed by atoms with Gasteiger partial charge in [-0.25, -0.2) is 4.79 Å². The van der Waals surface area contributed by atoms with Crippen LogP contribution in [0.3, 0.4) is 0 Å². The van der Waals surface area contributed by atoms with Crippen molar-refractivity contribution in [2.24, 2.45) is 5.41 Å². The normalized spacial score (nSPS) is 15.5. The fraction of sp³-hybridized carbons (Fsp3) is 0.231. The van der Waals surface area contributed by atoms with E-state index in [4.69, 9.17) is 33.7 Å². The molecule has 8 heteroatoms. The molecule has 0 radical (unpaired) electrons. The number of carbonyl (C=O) groups excluding carboxylic acids is 2. The van der Waals surface area contributed by atoms with Crippen LogP contribution in [0, 0.1) is 5.41 Å². The summed E-state index contributed by atoms with van der Waals surface area (Å²) in [7, 11) is 1.36. The van der Waals surface area contributed by atoms with Gasteiger partial charge in [0.05, 0.1) is 33.4 Å². The number of ketones is 1. The molecule has 1 atom stereocenters. The molecule has 0 saturated carbocycles. The first-order valence-corrected chi connectivity index (χ1v) is 12.2. The number of thiophene rings is 1. The molecule has 1 aliphatic heterocycles. The molecular formula is C26H24Cl2N2O3S. The predicted octanol–water partition coefficient (Wildman–Crippen LogP) is 6.90. The molecule has 4 rings (SSSR count). The second kappa shape index (κ2) is 9.10. The number of anilines is 2. The number of benzene rings is 2. The third-order valence-electron chi connectivity index (χ3n) is 5.74. The molecule has 0 spiro atoms. The molecule has 0 amide bonds. The van der Waals surface area contributed by atoms with Gasteiger partial charge in [0, 0.05) is 28.2 Å². The lowest BCUT2D eigenvalue weighted by molar-refractivity contribution is -0.136. The van der Waals surface area contributed by atoms with Crippen LogP contribution in [0.4, 0.5) is 10.7 Å². The first-order valence-electron chi connectivity index (χ1n) is 10.6. The Balaban J connectivity index is 1.95. The van der Waals surface area contributed by atoms with Gasteiger partial charge in [0.15, 0.2) is 0 Å². The number of carbonyl (C=O) groups is 2. The molecule has 0 saturated heterocycles. The molecule has 3 N–H and O–H groups in total. The zero-order valence-electron chi connectivity index (χ0n) is 19.2. The van der Waals surface area contributed by atoms with E-state index in [1.807, 2.05) is 51.1 Å². The van der Waals surface area contributed by atoms with E-state index in [1.54, 1.807) is 12.1 Å². The van der Waals surface area contributed by atoms with Crippen molar-refractivity contribution in [2.75, 3.05) is 18.2 Å². The molecule has 1 aromatic heterocycles. The average molecular weight is 515 g/mol. The summed E-state index contributed by atoms with van der Waals surface area (Å²) in [5.74, 6) is -1.20. The topological polar surface area (TPSA) is 81.4 Å². The van der Waals surface area contributed by atoms with Gasteiger partial charge in [-0.2, -0.15) is 0 Å². The maximum atomic E-state index is 13.4. The average Bonchev–Trinajstić information content (AvgIpc) is 3.14. The summed E-state index contributed by atoms with van der Waals surface area (Å²) in [5.41, 5.74) is 9.72. The fourth-order valence-corrected chi connectivity index (χ4v) is 5.57. The number of esters is 1. The largest absolute Gasteiger partial charge is 0.466 e. The zero-order chi connectivity index (χ0) is 24.8. The second-order valence-electron chi connectivity index (χ2n) is 9.04. The van der Waals surface area contributed by atoms with Crippen LogP contribution >= 0.6 is 34.5 Å². The summed E-state index contributed by atoms with van der Waals surface area (Å²) in [5, 5.41) is 4.79. The number of fused-ring (bicyclic) bond motifs is 1. The maximum Gasteiger partial charge on any atom is 0.336 e. The van der Waals surface area contributed by atoms with Crippen LogP contribution in [0.2, 0.25) is 10.0 Å². The molecule has 0 aliphatic carbocycles. The highest BCUT2D eigenvalue weighted by Gasteiger charge is 2.41. The van der Waals surface area contributed by atoms with Gasteiger partial charge < -0.3 is 15.8 Å². The number of halogens is 2. The third-order valence-corrected chi connectivity index (χ3v) is 7.62. The number of nitrogens with one attached hydrogen (secondary N) is 1. The molecule has 5 nitrogen and oxygen atoms in total. The Kier molecular flexibility index (Phi) is 6.51. The molecule has 1 aliphatic rings. The minimum Gasteiger partial charge on any atom is -0.466 e. The van der Waals surface area contributed by atoms with Crippen molar-refractivity contribution in [3.63, 3.8) is 0 Å². The van der Waals surface area contributed by atoms with Crippen molar-refractivity contribution in [1.29, 1.82) is 0 Å². The summed E-state index contributed by atoms with van der Waals surface area (Å²) in [6.07, 6.45) is 0. The van der Waals surface area contributed by atoms with E-state index < -0.39 is 17.3 Å². The van der Waals surface area contributed by atoms with E-state index in [0.717, 1.165) is 16.3 Å². The monoisotopic (exact) mass is 514 g/mol. The predicted molar refractivity (Wildman–Crippen MR) is 139 cm³/mol. The molecular weight excluding hydrogens is 491 g/mol. The van der Waals surface area contributed by atoms with Crippen LogP contribution in [0.5, 0.6) is 0 Å². The maximum absolute atomic E-state index is 13.4. The highest BCUT2D eigenvalue weighted by atomic mass is 35.5. The molecule has 3 aromatic rings. The Morgan fingerprint density at radius 3 is 2.32 bits per heavy atom. The van der Waals surface area contributed by atoms with E-state index in [-0.39, 0.29) is 10.8 Å². The van der Waals surface area contributed by atoms with Crippen LogP contribution in [0.15, 0.2) is 59.8 Å². The summed E-state index contributed by atoms with van der Waals surface area (Å²) < 4.78 is 5.20. The molecule has 0 bridgehead atoms. The van der Waals surface area contributed by atoms with E-state index in [1.165, 1.54) is 24.5 Å². The second-order valence-corrected chi connectivity index (χ2v) is 10.9. The summed E-state index contributed by atoms with van der Waals surface area (Å²) in [6.45, 7) is 6.05. The molecule has 176 valence electrons. The summed E-state index contributed by atoms with van der Waals surface area (Å²) >= 11 is 13.4. The Hall–Kier alpha value is -2.80. The zero-order valence-corrected chi connectivity index (χ0v) is 21.5. The number of ether oxygens (including phenoxy) is 1. The van der Waals surface area contributed by atoms with Crippen LogP contribution in [-0.2, 0) is 9.53 Å².